The van der Waals surface area contributed by atoms with Crippen molar-refractivity contribution >= 4 is 29.0 Å². The Morgan fingerprint density at radius 3 is 2.33 bits per heavy atom. The Morgan fingerprint density at radius 2 is 1.77 bits per heavy atom. The van der Waals surface area contributed by atoms with Gasteiger partial charge in [0.05, 0.1) is 19.9 Å². The molecule has 1 saturated carbocycles. The molecule has 0 radical (unpaired) electrons. The van der Waals surface area contributed by atoms with Crippen LogP contribution >= 0.6 is 12.2 Å². The van der Waals surface area contributed by atoms with Crippen LogP contribution in [0, 0.1) is 11.6 Å². The summed E-state index contributed by atoms with van der Waals surface area (Å²) in [4.78, 5) is 12.8. The Kier molecular flexibility index (Phi) is 9.27. The molecule has 214 valence electrons. The van der Waals surface area contributed by atoms with Crippen molar-refractivity contribution in [3.05, 3.63) is 53.6 Å². The van der Waals surface area contributed by atoms with Crippen molar-refractivity contribution in [1.82, 2.24) is 4.90 Å². The number of thiocarbonyl (C=S) groups is 1. The highest BCUT2D eigenvalue weighted by atomic mass is 32.1. The number of carboxylic acids is 1. The Hall–Kier alpha value is -3.19. The molecule has 3 atom stereocenters. The lowest BCUT2D eigenvalue weighted by molar-refractivity contribution is -0.192. The summed E-state index contributed by atoms with van der Waals surface area (Å²) < 4.78 is 71.2. The number of rotatable bonds is 5. The standard InChI is InChI=1S/C24H29F2N3O2S.C2HF3O2/c1-28-11-10-24(15-4-7-20(30-2)21(12-15)31-3)9-8-17(14-22(24)28)29(23(27)32)19-13-16(25)5-6-18(19)26;3-2(4,5)1(6)7/h4-7,12-13,17,22H,8-11,14H2,1-3H3,(H2,27,32);(H,6,7)/t17-,22+,24+;/m1./s1. The number of nitrogens with two attached hydrogens (primary N) is 1. The van der Waals surface area contributed by atoms with Gasteiger partial charge in [-0.1, -0.05) is 6.07 Å². The van der Waals surface area contributed by atoms with Crippen LogP contribution in [0.15, 0.2) is 36.4 Å². The molecule has 4 rings (SSSR count). The van der Waals surface area contributed by atoms with E-state index in [-0.39, 0.29) is 28.3 Å². The van der Waals surface area contributed by atoms with Gasteiger partial charge in [-0.15, -0.1) is 0 Å². The van der Waals surface area contributed by atoms with E-state index in [1.807, 2.05) is 6.07 Å². The minimum atomic E-state index is -5.08. The Labute approximate surface area is 228 Å². The first kappa shape index (κ1) is 30.4. The molecule has 2 aromatic carbocycles. The first-order valence-electron chi connectivity index (χ1n) is 12.0. The van der Waals surface area contributed by atoms with Crippen molar-refractivity contribution in [3.8, 4) is 11.5 Å². The lowest BCUT2D eigenvalue weighted by atomic mass is 9.64. The zero-order chi connectivity index (χ0) is 29.1. The van der Waals surface area contributed by atoms with E-state index in [1.165, 1.54) is 11.6 Å². The number of nitrogens with zero attached hydrogens (tertiary/aromatic N) is 2. The van der Waals surface area contributed by atoms with Gasteiger partial charge in [-0.25, -0.2) is 13.6 Å². The van der Waals surface area contributed by atoms with Gasteiger partial charge in [-0.05, 0) is 81.3 Å². The molecule has 0 amide bonds. The third-order valence-electron chi connectivity index (χ3n) is 7.47. The van der Waals surface area contributed by atoms with Crippen molar-refractivity contribution in [1.29, 1.82) is 0 Å². The minimum Gasteiger partial charge on any atom is -0.493 e. The van der Waals surface area contributed by atoms with Crippen LogP contribution in [0.2, 0.25) is 0 Å². The molecule has 2 aromatic rings. The molecule has 1 saturated heterocycles. The molecule has 0 bridgehead atoms. The number of benzene rings is 2. The van der Waals surface area contributed by atoms with Gasteiger partial charge in [0.25, 0.3) is 0 Å². The summed E-state index contributed by atoms with van der Waals surface area (Å²) in [5, 5.41) is 7.18. The molecule has 7 nitrogen and oxygen atoms in total. The fourth-order valence-electron chi connectivity index (χ4n) is 5.64. The zero-order valence-electron chi connectivity index (χ0n) is 21.6. The molecule has 1 aliphatic carbocycles. The molecule has 1 aliphatic heterocycles. The van der Waals surface area contributed by atoms with Gasteiger partial charge < -0.3 is 30.1 Å². The number of likely N-dealkylation sites (N-methyl/N-ethyl adjacent to an activating group) is 1. The lowest BCUT2D eigenvalue weighted by Crippen LogP contribution is -2.54. The lowest BCUT2D eigenvalue weighted by Gasteiger charge is -2.47. The normalized spacial score (nSPS) is 22.8. The molecular weight excluding hydrogens is 545 g/mol. The SMILES string of the molecule is COc1ccc([C@@]23CC[C@@H](N(C(N)=S)c4cc(F)ccc4F)C[C@@H]2N(C)CC3)cc1OC.O=C(O)C(F)(F)F. The third-order valence-corrected chi connectivity index (χ3v) is 7.67. The van der Waals surface area contributed by atoms with Gasteiger partial charge >= 0.3 is 12.1 Å². The monoisotopic (exact) mass is 575 g/mol. The number of ether oxygens (including phenoxy) is 2. The number of likely N-dealkylation sites (tertiary alicyclic amines) is 1. The number of halogens is 5. The predicted molar refractivity (Wildman–Crippen MR) is 139 cm³/mol. The van der Waals surface area contributed by atoms with Gasteiger partial charge in [0, 0.05) is 23.6 Å². The number of anilines is 1. The summed E-state index contributed by atoms with van der Waals surface area (Å²) >= 11 is 5.28. The molecule has 13 heteroatoms. The predicted octanol–water partition coefficient (Wildman–Crippen LogP) is 4.86. The second-order valence-corrected chi connectivity index (χ2v) is 9.93. The van der Waals surface area contributed by atoms with Crippen molar-refractivity contribution < 1.29 is 41.3 Å². The second-order valence-electron chi connectivity index (χ2n) is 9.51. The van der Waals surface area contributed by atoms with Crippen molar-refractivity contribution in [2.45, 2.75) is 49.4 Å². The Bertz CT molecular complexity index is 1210. The maximum Gasteiger partial charge on any atom is 0.490 e. The number of carboxylic acid groups (broad SMARTS) is 1. The molecular formula is C26H30F5N3O4S. The smallest absolute Gasteiger partial charge is 0.490 e. The van der Waals surface area contributed by atoms with Gasteiger partial charge in [-0.2, -0.15) is 13.2 Å². The fraction of sp³-hybridized carbons (Fsp3) is 0.462. The van der Waals surface area contributed by atoms with E-state index < -0.39 is 23.8 Å². The number of hydrogen-bond donors (Lipinski definition) is 2. The van der Waals surface area contributed by atoms with Crippen LogP contribution in [0.3, 0.4) is 0 Å². The van der Waals surface area contributed by atoms with Crippen LogP contribution in [-0.4, -0.2) is 67.2 Å². The topological polar surface area (TPSA) is 88.3 Å². The van der Waals surface area contributed by atoms with Gasteiger partial charge in [-0.3, -0.25) is 0 Å². The average molecular weight is 576 g/mol. The van der Waals surface area contributed by atoms with Crippen molar-refractivity contribution in [2.75, 3.05) is 32.7 Å². The summed E-state index contributed by atoms with van der Waals surface area (Å²) in [6.45, 7) is 0.952. The largest absolute Gasteiger partial charge is 0.493 e. The minimum absolute atomic E-state index is 0.0544. The van der Waals surface area contributed by atoms with Crippen LogP contribution in [0.5, 0.6) is 11.5 Å². The highest BCUT2D eigenvalue weighted by Gasteiger charge is 2.51. The van der Waals surface area contributed by atoms with Crippen molar-refractivity contribution in [2.24, 2.45) is 5.73 Å². The summed E-state index contributed by atoms with van der Waals surface area (Å²) in [7, 11) is 5.38. The quantitative estimate of drug-likeness (QED) is 0.386. The number of aliphatic carboxylic acids is 1. The first-order valence-corrected chi connectivity index (χ1v) is 12.4. The van der Waals surface area contributed by atoms with E-state index in [9.17, 15) is 22.0 Å². The molecule has 39 heavy (non-hydrogen) atoms. The van der Waals surface area contributed by atoms with Crippen LogP contribution in [-0.2, 0) is 10.2 Å². The van der Waals surface area contributed by atoms with Crippen LogP contribution in [0.4, 0.5) is 27.6 Å². The van der Waals surface area contributed by atoms with Gasteiger partial charge in [0.2, 0.25) is 0 Å². The van der Waals surface area contributed by atoms with E-state index in [0.717, 1.165) is 44.4 Å². The number of carbonyl (C=O) groups is 1. The Morgan fingerprint density at radius 1 is 1.13 bits per heavy atom. The molecule has 0 unspecified atom stereocenters. The average Bonchev–Trinajstić information content (AvgIpc) is 3.22. The van der Waals surface area contributed by atoms with Gasteiger partial charge in [0.1, 0.15) is 11.6 Å². The van der Waals surface area contributed by atoms with Crippen LogP contribution in [0.25, 0.3) is 0 Å². The van der Waals surface area contributed by atoms with E-state index in [1.54, 1.807) is 19.1 Å². The molecule has 1 heterocycles. The summed E-state index contributed by atoms with van der Waals surface area (Å²) in [6, 6.07) is 9.61. The maximum absolute atomic E-state index is 14.6. The molecule has 2 fully saturated rings. The highest BCUT2D eigenvalue weighted by Crippen LogP contribution is 2.51. The van der Waals surface area contributed by atoms with E-state index >= 15 is 0 Å². The molecule has 0 aromatic heterocycles. The first-order chi connectivity index (χ1) is 18.2. The second kappa shape index (κ2) is 11.9. The maximum atomic E-state index is 14.6. The number of hydrogen-bond acceptors (Lipinski definition) is 5. The summed E-state index contributed by atoms with van der Waals surface area (Å²) in [5.41, 5.74) is 7.27. The van der Waals surface area contributed by atoms with Crippen LogP contribution < -0.4 is 20.1 Å². The molecule has 0 spiro atoms. The van der Waals surface area contributed by atoms with Crippen molar-refractivity contribution in [3.63, 3.8) is 0 Å². The van der Waals surface area contributed by atoms with E-state index in [2.05, 4.69) is 24.1 Å². The molecule has 2 aliphatic rings. The van der Waals surface area contributed by atoms with E-state index in [4.69, 9.17) is 37.3 Å². The molecule has 3 N–H and O–H groups in total. The van der Waals surface area contributed by atoms with E-state index in [0.29, 0.717) is 11.5 Å². The van der Waals surface area contributed by atoms with Crippen LogP contribution in [0.1, 0.15) is 31.2 Å². The third kappa shape index (κ3) is 6.35. The summed E-state index contributed by atoms with van der Waals surface area (Å²) in [5.74, 6) is -2.40. The Balaban J connectivity index is 0.000000532. The summed E-state index contributed by atoms with van der Waals surface area (Å²) in [6.07, 6.45) is -1.71. The number of methoxy groups -OCH3 is 2. The fourth-order valence-corrected chi connectivity index (χ4v) is 5.89. The number of alkyl halides is 3. The number of fused-ring (bicyclic) bond motifs is 1. The zero-order valence-corrected chi connectivity index (χ0v) is 22.4. The highest BCUT2D eigenvalue weighted by molar-refractivity contribution is 7.80. The van der Waals surface area contributed by atoms with Gasteiger partial charge in [0.15, 0.2) is 16.6 Å².